The quantitative estimate of drug-likeness (QED) is 0.834. The van der Waals surface area contributed by atoms with Gasteiger partial charge in [0.15, 0.2) is 5.22 Å². The van der Waals surface area contributed by atoms with Crippen LogP contribution in [0.25, 0.3) is 0 Å². The first-order chi connectivity index (χ1) is 5.77. The van der Waals surface area contributed by atoms with E-state index in [1.54, 1.807) is 6.07 Å². The summed E-state index contributed by atoms with van der Waals surface area (Å²) in [6.45, 7) is 0. The molecular weight excluding hydrogens is 209 g/mol. The SMILES string of the molecule is Cl.N[C@H](c1ccc(Cl)o1)C1CCC1. The maximum absolute atomic E-state index is 5.96. The van der Waals surface area contributed by atoms with E-state index in [2.05, 4.69) is 0 Å². The predicted octanol–water partition coefficient (Wildman–Crippen LogP) is 3.15. The van der Waals surface area contributed by atoms with Crippen LogP contribution in [0.3, 0.4) is 0 Å². The molecule has 74 valence electrons. The Kier molecular flexibility index (Phi) is 3.65. The monoisotopic (exact) mass is 221 g/mol. The molecule has 0 unspecified atom stereocenters. The predicted molar refractivity (Wildman–Crippen MR) is 55.2 cm³/mol. The topological polar surface area (TPSA) is 39.2 Å². The average molecular weight is 222 g/mol. The summed E-state index contributed by atoms with van der Waals surface area (Å²) in [7, 11) is 0. The second kappa shape index (κ2) is 4.36. The van der Waals surface area contributed by atoms with E-state index in [-0.39, 0.29) is 18.4 Å². The molecule has 1 atom stereocenters. The summed E-state index contributed by atoms with van der Waals surface area (Å²) in [5.74, 6) is 1.43. The molecule has 1 fully saturated rings. The number of rotatable bonds is 2. The molecule has 0 spiro atoms. The highest BCUT2D eigenvalue weighted by atomic mass is 35.5. The molecule has 2 N–H and O–H groups in total. The Morgan fingerprint density at radius 1 is 1.46 bits per heavy atom. The molecule has 1 aliphatic carbocycles. The van der Waals surface area contributed by atoms with E-state index in [9.17, 15) is 0 Å². The zero-order chi connectivity index (χ0) is 8.55. The molecule has 1 aliphatic rings. The first kappa shape index (κ1) is 10.9. The lowest BCUT2D eigenvalue weighted by molar-refractivity contribution is 0.241. The van der Waals surface area contributed by atoms with E-state index in [4.69, 9.17) is 21.8 Å². The molecule has 0 aromatic carbocycles. The van der Waals surface area contributed by atoms with Crippen molar-refractivity contribution in [2.45, 2.75) is 25.3 Å². The average Bonchev–Trinajstić information content (AvgIpc) is 2.31. The second-order valence-electron chi connectivity index (χ2n) is 3.36. The third-order valence-corrected chi connectivity index (χ3v) is 2.78. The van der Waals surface area contributed by atoms with Gasteiger partial charge in [-0.05, 0) is 42.5 Å². The number of hydrogen-bond donors (Lipinski definition) is 1. The Balaban J connectivity index is 0.000000845. The maximum Gasteiger partial charge on any atom is 0.193 e. The molecule has 2 rings (SSSR count). The van der Waals surface area contributed by atoms with E-state index in [0.717, 1.165) is 5.76 Å². The van der Waals surface area contributed by atoms with Gasteiger partial charge in [0.25, 0.3) is 0 Å². The minimum atomic E-state index is 0. The molecule has 1 aromatic rings. The zero-order valence-electron chi connectivity index (χ0n) is 7.20. The summed E-state index contributed by atoms with van der Waals surface area (Å²) in [5, 5.41) is 0.430. The summed E-state index contributed by atoms with van der Waals surface area (Å²) < 4.78 is 5.24. The summed E-state index contributed by atoms with van der Waals surface area (Å²) in [6, 6.07) is 3.66. The molecule has 0 aliphatic heterocycles. The molecule has 0 bridgehead atoms. The van der Waals surface area contributed by atoms with Crippen LogP contribution < -0.4 is 5.73 Å². The smallest absolute Gasteiger partial charge is 0.193 e. The van der Waals surface area contributed by atoms with Gasteiger partial charge < -0.3 is 10.2 Å². The van der Waals surface area contributed by atoms with Gasteiger partial charge in [0.1, 0.15) is 5.76 Å². The first-order valence-corrected chi connectivity index (χ1v) is 4.66. The highest BCUT2D eigenvalue weighted by Crippen LogP contribution is 2.36. The van der Waals surface area contributed by atoms with Crippen LogP contribution in [0, 0.1) is 5.92 Å². The largest absolute Gasteiger partial charge is 0.448 e. The lowest BCUT2D eigenvalue weighted by Crippen LogP contribution is -2.26. The Labute approximate surface area is 88.8 Å². The lowest BCUT2D eigenvalue weighted by atomic mass is 9.79. The fourth-order valence-corrected chi connectivity index (χ4v) is 1.69. The number of nitrogens with two attached hydrogens (primary N) is 1. The normalized spacial score (nSPS) is 18.9. The first-order valence-electron chi connectivity index (χ1n) is 4.28. The van der Waals surface area contributed by atoms with Crippen LogP contribution in [0.15, 0.2) is 16.5 Å². The van der Waals surface area contributed by atoms with Gasteiger partial charge in [0, 0.05) is 0 Å². The fourth-order valence-electron chi connectivity index (χ4n) is 1.54. The highest BCUT2D eigenvalue weighted by Gasteiger charge is 2.27. The van der Waals surface area contributed by atoms with Gasteiger partial charge in [-0.15, -0.1) is 12.4 Å². The van der Waals surface area contributed by atoms with E-state index in [0.29, 0.717) is 11.1 Å². The van der Waals surface area contributed by atoms with Crippen LogP contribution in [0.4, 0.5) is 0 Å². The molecule has 4 heteroatoms. The summed E-state index contributed by atoms with van der Waals surface area (Å²) >= 11 is 5.65. The van der Waals surface area contributed by atoms with Gasteiger partial charge in [0.2, 0.25) is 0 Å². The molecule has 1 aromatic heterocycles. The van der Waals surface area contributed by atoms with Crippen LogP contribution in [-0.2, 0) is 0 Å². The molecule has 13 heavy (non-hydrogen) atoms. The van der Waals surface area contributed by atoms with Crippen molar-refractivity contribution in [2.24, 2.45) is 11.7 Å². The lowest BCUT2D eigenvalue weighted by Gasteiger charge is -2.29. The van der Waals surface area contributed by atoms with Gasteiger partial charge in [-0.3, -0.25) is 0 Å². The van der Waals surface area contributed by atoms with Crippen molar-refractivity contribution in [3.63, 3.8) is 0 Å². The van der Waals surface area contributed by atoms with E-state index in [1.165, 1.54) is 19.3 Å². The van der Waals surface area contributed by atoms with Gasteiger partial charge >= 0.3 is 0 Å². The molecule has 1 heterocycles. The zero-order valence-corrected chi connectivity index (χ0v) is 8.77. The maximum atomic E-state index is 5.96. The number of halogens is 2. The van der Waals surface area contributed by atoms with Gasteiger partial charge in [-0.25, -0.2) is 0 Å². The van der Waals surface area contributed by atoms with Crippen LogP contribution in [0.5, 0.6) is 0 Å². The fraction of sp³-hybridized carbons (Fsp3) is 0.556. The van der Waals surface area contributed by atoms with Crippen molar-refractivity contribution in [3.8, 4) is 0 Å². The number of furan rings is 1. The van der Waals surface area contributed by atoms with Crippen molar-refractivity contribution in [1.29, 1.82) is 0 Å². The summed E-state index contributed by atoms with van der Waals surface area (Å²) in [5.41, 5.74) is 5.96. The van der Waals surface area contributed by atoms with E-state index in [1.807, 2.05) is 6.07 Å². The van der Waals surface area contributed by atoms with Crippen LogP contribution in [0.1, 0.15) is 31.1 Å². The third kappa shape index (κ3) is 2.19. The molecule has 0 saturated heterocycles. The van der Waals surface area contributed by atoms with Crippen molar-refractivity contribution < 1.29 is 4.42 Å². The van der Waals surface area contributed by atoms with Gasteiger partial charge in [0.05, 0.1) is 6.04 Å². The highest BCUT2D eigenvalue weighted by molar-refractivity contribution is 6.28. The van der Waals surface area contributed by atoms with Gasteiger partial charge in [-0.2, -0.15) is 0 Å². The van der Waals surface area contributed by atoms with Crippen molar-refractivity contribution in [2.75, 3.05) is 0 Å². The van der Waals surface area contributed by atoms with Crippen LogP contribution >= 0.6 is 24.0 Å². The van der Waals surface area contributed by atoms with Crippen LogP contribution in [0.2, 0.25) is 5.22 Å². The summed E-state index contributed by atoms with van der Waals surface area (Å²) in [4.78, 5) is 0. The molecule has 2 nitrogen and oxygen atoms in total. The van der Waals surface area contributed by atoms with Crippen molar-refractivity contribution in [3.05, 3.63) is 23.1 Å². The van der Waals surface area contributed by atoms with Crippen molar-refractivity contribution in [1.82, 2.24) is 0 Å². The molecule has 1 saturated carbocycles. The van der Waals surface area contributed by atoms with E-state index < -0.39 is 0 Å². The molecule has 0 radical (unpaired) electrons. The van der Waals surface area contributed by atoms with Gasteiger partial charge in [-0.1, -0.05) is 6.42 Å². The Bertz CT molecular complexity index is 270. The van der Waals surface area contributed by atoms with E-state index >= 15 is 0 Å². The molecular formula is C9H13Cl2NO. The Hall–Kier alpha value is -0.180. The Morgan fingerprint density at radius 3 is 2.54 bits per heavy atom. The minimum Gasteiger partial charge on any atom is -0.448 e. The number of hydrogen-bond acceptors (Lipinski definition) is 2. The molecule has 0 amide bonds. The summed E-state index contributed by atoms with van der Waals surface area (Å²) in [6.07, 6.45) is 3.74. The minimum absolute atomic E-state index is 0. The Morgan fingerprint density at radius 2 is 2.15 bits per heavy atom. The third-order valence-electron chi connectivity index (χ3n) is 2.58. The standard InChI is InChI=1S/C9H12ClNO.ClH/c10-8-5-4-7(12-8)9(11)6-2-1-3-6;/h4-6,9H,1-3,11H2;1H/t9-;/m0./s1. The van der Waals surface area contributed by atoms with Crippen LogP contribution in [-0.4, -0.2) is 0 Å². The second-order valence-corrected chi connectivity index (χ2v) is 3.73. The van der Waals surface area contributed by atoms with Crippen molar-refractivity contribution >= 4 is 24.0 Å².